The first-order valence-electron chi connectivity index (χ1n) is 7.08. The van der Waals surface area contributed by atoms with Gasteiger partial charge in [0.2, 0.25) is 0 Å². The van der Waals surface area contributed by atoms with Gasteiger partial charge in [-0.1, -0.05) is 0 Å². The Kier molecular flexibility index (Phi) is 2.77. The number of rotatable bonds is 3. The third kappa shape index (κ3) is 1.71. The molecule has 4 bridgehead atoms. The number of aliphatic hydroxyl groups excluding tert-OH is 1. The molecular formula is C15H22O3. The molecule has 100 valence electrons. The highest BCUT2D eigenvalue weighted by Gasteiger charge is 2.52. The van der Waals surface area contributed by atoms with E-state index in [2.05, 4.69) is 0 Å². The maximum Gasteiger partial charge on any atom is 0.331 e. The summed E-state index contributed by atoms with van der Waals surface area (Å²) in [7, 11) is 0. The Morgan fingerprint density at radius 1 is 1.11 bits per heavy atom. The molecule has 0 aromatic carbocycles. The van der Waals surface area contributed by atoms with Crippen LogP contribution in [0.3, 0.4) is 0 Å². The van der Waals surface area contributed by atoms with Gasteiger partial charge in [-0.2, -0.15) is 0 Å². The van der Waals surface area contributed by atoms with Crippen LogP contribution in [0.4, 0.5) is 0 Å². The van der Waals surface area contributed by atoms with Crippen LogP contribution in [0.5, 0.6) is 0 Å². The van der Waals surface area contributed by atoms with Crippen LogP contribution in [0.25, 0.3) is 0 Å². The third-order valence-corrected chi connectivity index (χ3v) is 5.61. The lowest BCUT2D eigenvalue weighted by Crippen LogP contribution is -2.48. The van der Waals surface area contributed by atoms with Crippen molar-refractivity contribution in [1.29, 1.82) is 0 Å². The number of carboxylic acids is 1. The Hall–Kier alpha value is -0.830. The Morgan fingerprint density at radius 3 is 1.89 bits per heavy atom. The summed E-state index contributed by atoms with van der Waals surface area (Å²) in [5.74, 6) is 1.47. The molecule has 4 rings (SSSR count). The molecule has 0 atom stereocenters. The van der Waals surface area contributed by atoms with E-state index in [1.165, 1.54) is 19.3 Å². The summed E-state index contributed by atoms with van der Waals surface area (Å²) in [6.45, 7) is 1.58. The van der Waals surface area contributed by atoms with E-state index in [4.69, 9.17) is 0 Å². The Morgan fingerprint density at radius 2 is 1.56 bits per heavy atom. The molecule has 4 fully saturated rings. The molecule has 4 saturated carbocycles. The number of carboxylic acid groups (broad SMARTS) is 1. The minimum Gasteiger partial charge on any atom is -0.478 e. The van der Waals surface area contributed by atoms with E-state index in [9.17, 15) is 15.0 Å². The second-order valence-electron chi connectivity index (χ2n) is 6.76. The van der Waals surface area contributed by atoms with Gasteiger partial charge in [0.1, 0.15) is 0 Å². The molecule has 4 aliphatic rings. The van der Waals surface area contributed by atoms with E-state index in [1.54, 1.807) is 6.92 Å². The molecule has 3 nitrogen and oxygen atoms in total. The van der Waals surface area contributed by atoms with E-state index in [1.807, 2.05) is 0 Å². The fourth-order valence-corrected chi connectivity index (χ4v) is 5.29. The Bertz CT molecular complexity index is 373. The van der Waals surface area contributed by atoms with Crippen molar-refractivity contribution in [2.75, 3.05) is 6.61 Å². The van der Waals surface area contributed by atoms with Crippen molar-refractivity contribution in [2.24, 2.45) is 23.2 Å². The quantitative estimate of drug-likeness (QED) is 0.757. The molecule has 3 heteroatoms. The van der Waals surface area contributed by atoms with Crippen molar-refractivity contribution in [2.45, 2.75) is 45.4 Å². The van der Waals surface area contributed by atoms with Gasteiger partial charge in [-0.15, -0.1) is 0 Å². The zero-order valence-electron chi connectivity index (χ0n) is 11.0. The fraction of sp³-hybridized carbons (Fsp3) is 0.800. The molecular weight excluding hydrogens is 228 g/mol. The maximum atomic E-state index is 11.2. The topological polar surface area (TPSA) is 57.5 Å². The first kappa shape index (κ1) is 12.2. The average molecular weight is 250 g/mol. The lowest BCUT2D eigenvalue weighted by molar-refractivity contribution is -0.133. The average Bonchev–Trinajstić information content (AvgIpc) is 2.27. The Labute approximate surface area is 108 Å². The normalized spacial score (nSPS) is 42.9. The van der Waals surface area contributed by atoms with Crippen molar-refractivity contribution in [3.63, 3.8) is 0 Å². The van der Waals surface area contributed by atoms with Gasteiger partial charge >= 0.3 is 5.97 Å². The van der Waals surface area contributed by atoms with Gasteiger partial charge in [-0.05, 0) is 74.2 Å². The molecule has 0 radical (unpaired) electrons. The highest BCUT2D eigenvalue weighted by atomic mass is 16.4. The second kappa shape index (κ2) is 4.09. The summed E-state index contributed by atoms with van der Waals surface area (Å²) < 4.78 is 0. The summed E-state index contributed by atoms with van der Waals surface area (Å²) in [4.78, 5) is 11.2. The van der Waals surface area contributed by atoms with E-state index in [-0.39, 0.29) is 12.0 Å². The first-order chi connectivity index (χ1) is 8.54. The second-order valence-corrected chi connectivity index (χ2v) is 6.76. The van der Waals surface area contributed by atoms with Crippen LogP contribution in [0, 0.1) is 23.2 Å². The summed E-state index contributed by atoms with van der Waals surface area (Å²) in [6, 6.07) is 0. The van der Waals surface area contributed by atoms with Gasteiger partial charge in [-0.3, -0.25) is 0 Å². The highest BCUT2D eigenvalue weighted by Crippen LogP contribution is 2.62. The van der Waals surface area contributed by atoms with Crippen LogP contribution in [-0.4, -0.2) is 22.8 Å². The van der Waals surface area contributed by atoms with Crippen molar-refractivity contribution in [1.82, 2.24) is 0 Å². The number of hydrogen-bond donors (Lipinski definition) is 2. The predicted molar refractivity (Wildman–Crippen MR) is 68.0 cm³/mol. The molecule has 0 spiro atoms. The van der Waals surface area contributed by atoms with Crippen molar-refractivity contribution in [3.05, 3.63) is 11.1 Å². The van der Waals surface area contributed by atoms with Gasteiger partial charge in [0.05, 0.1) is 6.61 Å². The fourth-order valence-electron chi connectivity index (χ4n) is 5.29. The number of hydrogen-bond acceptors (Lipinski definition) is 2. The smallest absolute Gasteiger partial charge is 0.331 e. The lowest BCUT2D eigenvalue weighted by Gasteiger charge is -2.57. The van der Waals surface area contributed by atoms with Gasteiger partial charge in [-0.25, -0.2) is 4.79 Å². The first-order valence-corrected chi connectivity index (χ1v) is 7.08. The molecule has 0 unspecified atom stereocenters. The Balaban J connectivity index is 1.99. The largest absolute Gasteiger partial charge is 0.478 e. The van der Waals surface area contributed by atoms with Crippen LogP contribution in [0.2, 0.25) is 0 Å². The van der Waals surface area contributed by atoms with Crippen LogP contribution in [-0.2, 0) is 4.79 Å². The molecule has 2 N–H and O–H groups in total. The van der Waals surface area contributed by atoms with E-state index in [0.29, 0.717) is 5.57 Å². The van der Waals surface area contributed by atoms with E-state index in [0.717, 1.165) is 42.6 Å². The van der Waals surface area contributed by atoms with Crippen molar-refractivity contribution in [3.8, 4) is 0 Å². The predicted octanol–water partition coefficient (Wildman–Crippen LogP) is 2.60. The molecule has 18 heavy (non-hydrogen) atoms. The monoisotopic (exact) mass is 250 g/mol. The number of aliphatic carboxylic acids is 1. The van der Waals surface area contributed by atoms with E-state index >= 15 is 0 Å². The van der Waals surface area contributed by atoms with E-state index < -0.39 is 5.97 Å². The minimum absolute atomic E-state index is 0.0198. The summed E-state index contributed by atoms with van der Waals surface area (Å²) in [5, 5.41) is 18.9. The molecule has 0 heterocycles. The van der Waals surface area contributed by atoms with Gasteiger partial charge < -0.3 is 10.2 Å². The zero-order valence-corrected chi connectivity index (χ0v) is 11.0. The molecule has 0 aromatic rings. The summed E-state index contributed by atoms with van der Waals surface area (Å²) >= 11 is 0. The van der Waals surface area contributed by atoms with Crippen LogP contribution in [0.1, 0.15) is 45.4 Å². The summed E-state index contributed by atoms with van der Waals surface area (Å²) in [5.41, 5.74) is 1.24. The minimum atomic E-state index is -0.866. The van der Waals surface area contributed by atoms with Crippen LogP contribution < -0.4 is 0 Å². The number of aliphatic hydroxyl groups is 1. The van der Waals surface area contributed by atoms with Gasteiger partial charge in [0, 0.05) is 5.57 Å². The summed E-state index contributed by atoms with van der Waals surface area (Å²) in [6.07, 6.45) is 7.34. The van der Waals surface area contributed by atoms with Crippen molar-refractivity contribution >= 4 is 5.97 Å². The molecule has 0 aromatic heterocycles. The molecule has 0 amide bonds. The third-order valence-electron chi connectivity index (χ3n) is 5.61. The SMILES string of the molecule is C/C(C(=O)O)=C(\CO)C12CC3CC(CC(C3)C1)C2. The lowest BCUT2D eigenvalue weighted by atomic mass is 9.47. The highest BCUT2D eigenvalue weighted by molar-refractivity contribution is 5.87. The molecule has 4 aliphatic carbocycles. The number of carbonyl (C=O) groups is 1. The van der Waals surface area contributed by atoms with Crippen molar-refractivity contribution < 1.29 is 15.0 Å². The van der Waals surface area contributed by atoms with Crippen LogP contribution >= 0.6 is 0 Å². The van der Waals surface area contributed by atoms with Crippen LogP contribution in [0.15, 0.2) is 11.1 Å². The zero-order chi connectivity index (χ0) is 12.9. The molecule has 0 aliphatic heterocycles. The van der Waals surface area contributed by atoms with Gasteiger partial charge in [0.25, 0.3) is 0 Å². The van der Waals surface area contributed by atoms with Gasteiger partial charge in [0.15, 0.2) is 0 Å². The standard InChI is InChI=1S/C15H22O3/c1-9(14(17)18)13(8-16)15-5-10-2-11(6-15)4-12(3-10)7-15/h10-12,16H,2-8H2,1H3,(H,17,18)/b13-9-. The molecule has 0 saturated heterocycles. The maximum absolute atomic E-state index is 11.2.